The van der Waals surface area contributed by atoms with Gasteiger partial charge in [0.2, 0.25) is 0 Å². The molecule has 6 aliphatic carbocycles. The monoisotopic (exact) mass is 492 g/mol. The van der Waals surface area contributed by atoms with Crippen LogP contribution in [-0.4, -0.2) is 8.07 Å². The molecule has 0 nitrogen and oxygen atoms in total. The molecule has 4 fully saturated rings. The van der Waals surface area contributed by atoms with Crippen LogP contribution in [0.5, 0.6) is 0 Å². The molecule has 0 aromatic heterocycles. The molecule has 0 N–H and O–H groups in total. The van der Waals surface area contributed by atoms with E-state index in [1.165, 1.54) is 77.0 Å². The second-order valence-electron chi connectivity index (χ2n) is 15.5. The van der Waals surface area contributed by atoms with Crippen molar-refractivity contribution in [2.45, 2.75) is 129 Å². The first-order valence-corrected chi connectivity index (χ1v) is 19.3. The molecule has 12 atom stereocenters. The van der Waals surface area contributed by atoms with Gasteiger partial charge in [-0.3, -0.25) is 0 Å². The van der Waals surface area contributed by atoms with E-state index < -0.39 is 8.07 Å². The lowest BCUT2D eigenvalue weighted by atomic mass is 9.72. The van der Waals surface area contributed by atoms with Crippen LogP contribution in [-0.2, 0) is 0 Å². The van der Waals surface area contributed by atoms with E-state index in [1.807, 2.05) is 11.1 Å². The summed E-state index contributed by atoms with van der Waals surface area (Å²) < 4.78 is 0. The van der Waals surface area contributed by atoms with Crippen LogP contribution in [0, 0.1) is 59.2 Å². The summed E-state index contributed by atoms with van der Waals surface area (Å²) in [5, 5.41) is 0. The SMILES string of the molecule is CC1CCCCC1C1=CCC2C1CC(C)C2[Si](C)(C)C1C(C)CC2C(C3CCCCC3C)=CCC21. The molecule has 0 heterocycles. The molecule has 1 heteroatoms. The van der Waals surface area contributed by atoms with E-state index in [0.29, 0.717) is 0 Å². The van der Waals surface area contributed by atoms with E-state index in [2.05, 4.69) is 52.9 Å². The predicted molar refractivity (Wildman–Crippen MR) is 154 cm³/mol. The second kappa shape index (κ2) is 9.46. The van der Waals surface area contributed by atoms with Gasteiger partial charge in [0.05, 0.1) is 8.07 Å². The summed E-state index contributed by atoms with van der Waals surface area (Å²) in [5.74, 6) is 9.61. The van der Waals surface area contributed by atoms with Gasteiger partial charge in [-0.2, -0.15) is 0 Å². The van der Waals surface area contributed by atoms with Crippen molar-refractivity contribution in [3.05, 3.63) is 23.3 Å². The van der Waals surface area contributed by atoms with Gasteiger partial charge in [0.15, 0.2) is 0 Å². The molecule has 0 saturated heterocycles. The van der Waals surface area contributed by atoms with Crippen LogP contribution >= 0.6 is 0 Å². The highest BCUT2D eigenvalue weighted by atomic mass is 28.3. The van der Waals surface area contributed by atoms with Crippen molar-refractivity contribution in [1.29, 1.82) is 0 Å². The van der Waals surface area contributed by atoms with Crippen LogP contribution in [0.3, 0.4) is 0 Å². The summed E-state index contributed by atoms with van der Waals surface area (Å²) in [6, 6.07) is 0. The molecule has 0 aliphatic heterocycles. The number of allylic oxidation sites excluding steroid dienone is 4. The average molecular weight is 493 g/mol. The fourth-order valence-electron chi connectivity index (χ4n) is 12.3. The van der Waals surface area contributed by atoms with Gasteiger partial charge in [-0.1, -0.05) is 103 Å². The smallest absolute Gasteiger partial charge is 0.0547 e. The van der Waals surface area contributed by atoms with Crippen molar-refractivity contribution in [1.82, 2.24) is 0 Å². The first-order valence-electron chi connectivity index (χ1n) is 16.2. The van der Waals surface area contributed by atoms with E-state index in [9.17, 15) is 0 Å². The summed E-state index contributed by atoms with van der Waals surface area (Å²) in [4.78, 5) is 0. The summed E-state index contributed by atoms with van der Waals surface area (Å²) in [6.07, 6.45) is 23.4. The van der Waals surface area contributed by atoms with Crippen LogP contribution in [0.4, 0.5) is 0 Å². The number of rotatable bonds is 4. The van der Waals surface area contributed by atoms with E-state index in [0.717, 1.165) is 70.3 Å². The quantitative estimate of drug-likeness (QED) is 0.270. The van der Waals surface area contributed by atoms with Crippen molar-refractivity contribution in [2.24, 2.45) is 59.2 Å². The van der Waals surface area contributed by atoms with Gasteiger partial charge in [0.1, 0.15) is 0 Å². The summed E-state index contributed by atoms with van der Waals surface area (Å²) in [7, 11) is -1.39. The topological polar surface area (TPSA) is 0 Å². The van der Waals surface area contributed by atoms with Gasteiger partial charge in [-0.25, -0.2) is 0 Å². The van der Waals surface area contributed by atoms with Gasteiger partial charge in [-0.05, 0) is 109 Å². The molecule has 6 aliphatic rings. The first kappa shape index (κ1) is 25.0. The van der Waals surface area contributed by atoms with Crippen LogP contribution in [0.15, 0.2) is 23.3 Å². The average Bonchev–Trinajstić information content (AvgIpc) is 3.54. The summed E-state index contributed by atoms with van der Waals surface area (Å²) >= 11 is 0. The molecular weight excluding hydrogens is 436 g/mol. The Morgan fingerprint density at radius 3 is 1.34 bits per heavy atom. The van der Waals surface area contributed by atoms with Gasteiger partial charge in [0, 0.05) is 0 Å². The lowest BCUT2D eigenvalue weighted by Gasteiger charge is -2.45. The highest BCUT2D eigenvalue weighted by molar-refractivity contribution is 6.80. The van der Waals surface area contributed by atoms with Gasteiger partial charge in [-0.15, -0.1) is 0 Å². The molecular formula is C34H56Si. The Kier molecular flexibility index (Phi) is 6.76. The molecule has 6 rings (SSSR count). The number of hydrogen-bond donors (Lipinski definition) is 0. The Morgan fingerprint density at radius 2 is 0.943 bits per heavy atom. The third-order valence-electron chi connectivity index (χ3n) is 13.3. The van der Waals surface area contributed by atoms with Crippen LogP contribution in [0.25, 0.3) is 0 Å². The van der Waals surface area contributed by atoms with Crippen molar-refractivity contribution in [3.8, 4) is 0 Å². The largest absolute Gasteiger partial charge is 0.0845 e. The zero-order valence-electron chi connectivity index (χ0n) is 24.1. The number of hydrogen-bond acceptors (Lipinski definition) is 0. The number of fused-ring (bicyclic) bond motifs is 2. The predicted octanol–water partition coefficient (Wildman–Crippen LogP) is 10.3. The lowest BCUT2D eigenvalue weighted by Crippen LogP contribution is -2.45. The van der Waals surface area contributed by atoms with E-state index in [-0.39, 0.29) is 0 Å². The van der Waals surface area contributed by atoms with Crippen LogP contribution in [0.1, 0.15) is 105 Å². The molecule has 0 radical (unpaired) electrons. The van der Waals surface area contributed by atoms with Gasteiger partial charge >= 0.3 is 0 Å². The maximum Gasteiger partial charge on any atom is 0.0547 e. The van der Waals surface area contributed by atoms with E-state index in [1.54, 1.807) is 0 Å². The molecule has 196 valence electrons. The molecule has 0 aromatic rings. The third-order valence-corrected chi connectivity index (χ3v) is 18.8. The Morgan fingerprint density at radius 1 is 0.543 bits per heavy atom. The Bertz CT molecular complexity index is 781. The Balaban J connectivity index is 1.21. The van der Waals surface area contributed by atoms with Crippen molar-refractivity contribution < 1.29 is 0 Å². The van der Waals surface area contributed by atoms with Crippen LogP contribution in [0.2, 0.25) is 24.2 Å². The normalized spacial score (nSPS) is 50.1. The summed E-state index contributed by atoms with van der Waals surface area (Å²) in [5.41, 5.74) is 6.05. The zero-order chi connectivity index (χ0) is 24.5. The minimum absolute atomic E-state index is 0.934. The van der Waals surface area contributed by atoms with Crippen molar-refractivity contribution >= 4 is 8.07 Å². The zero-order valence-corrected chi connectivity index (χ0v) is 25.1. The van der Waals surface area contributed by atoms with E-state index in [4.69, 9.17) is 0 Å². The molecule has 35 heavy (non-hydrogen) atoms. The molecule has 12 unspecified atom stereocenters. The molecule has 0 spiro atoms. The standard InChI is InChI=1S/C34H56Si/c1-21-11-7-9-13-25(21)27-15-17-29-31(27)19-23(3)33(29)35(5,6)34-24(4)20-32-28(16-18-30(32)34)26-14-10-8-12-22(26)2/h15-16,21-26,29-34H,7-14,17-20H2,1-6H3. The fourth-order valence-corrected chi connectivity index (χ4v) is 18.9. The fraction of sp³-hybridized carbons (Fsp3) is 0.882. The third kappa shape index (κ3) is 4.03. The minimum atomic E-state index is -1.39. The Hall–Kier alpha value is -0.303. The Labute approximate surface area is 219 Å². The molecule has 4 saturated carbocycles. The van der Waals surface area contributed by atoms with E-state index >= 15 is 0 Å². The van der Waals surface area contributed by atoms with Gasteiger partial charge in [0.25, 0.3) is 0 Å². The minimum Gasteiger partial charge on any atom is -0.0845 e. The van der Waals surface area contributed by atoms with Crippen molar-refractivity contribution in [2.75, 3.05) is 0 Å². The molecule has 0 aromatic carbocycles. The van der Waals surface area contributed by atoms with Gasteiger partial charge < -0.3 is 0 Å². The first-order chi connectivity index (χ1) is 16.8. The second-order valence-corrected chi connectivity index (χ2v) is 20.4. The molecule has 0 amide bonds. The highest BCUT2D eigenvalue weighted by Gasteiger charge is 2.59. The molecule has 0 bridgehead atoms. The summed E-state index contributed by atoms with van der Waals surface area (Å²) in [6.45, 7) is 16.3. The van der Waals surface area contributed by atoms with Crippen molar-refractivity contribution in [3.63, 3.8) is 0 Å². The maximum absolute atomic E-state index is 2.89. The highest BCUT2D eigenvalue weighted by Crippen LogP contribution is 2.67. The lowest BCUT2D eigenvalue weighted by molar-refractivity contribution is 0.269. The van der Waals surface area contributed by atoms with Crippen LogP contribution < -0.4 is 0 Å². The maximum atomic E-state index is 2.89.